The van der Waals surface area contributed by atoms with Crippen molar-refractivity contribution >= 4 is 11.5 Å². The number of anilines is 1. The highest BCUT2D eigenvalue weighted by Crippen LogP contribution is 2.31. The summed E-state index contributed by atoms with van der Waals surface area (Å²) in [6.07, 6.45) is -1.08. The smallest absolute Gasteiger partial charge is 0.416 e. The van der Waals surface area contributed by atoms with E-state index in [0.717, 1.165) is 6.07 Å². The number of alkyl halides is 3. The largest absolute Gasteiger partial charge is 0.497 e. The predicted molar refractivity (Wildman–Crippen MR) is 102 cm³/mol. The van der Waals surface area contributed by atoms with Crippen molar-refractivity contribution < 1.29 is 22.7 Å². The van der Waals surface area contributed by atoms with Crippen LogP contribution in [0.4, 0.5) is 18.9 Å². The van der Waals surface area contributed by atoms with Crippen LogP contribution in [0.5, 0.6) is 5.75 Å². The second-order valence-corrected chi connectivity index (χ2v) is 6.48. The summed E-state index contributed by atoms with van der Waals surface area (Å²) in [6, 6.07) is 12.2. The lowest BCUT2D eigenvalue weighted by Crippen LogP contribution is -2.44. The summed E-state index contributed by atoms with van der Waals surface area (Å²) in [5, 5.41) is 0. The Kier molecular flexibility index (Phi) is 5.92. The second kappa shape index (κ2) is 8.37. The number of carbonyl (C=O) groups excluding carboxylic acids is 1. The molecule has 28 heavy (non-hydrogen) atoms. The van der Waals surface area contributed by atoms with Crippen LogP contribution in [0.1, 0.15) is 15.9 Å². The molecule has 4 nitrogen and oxygen atoms in total. The number of ketones is 1. The molecule has 0 N–H and O–H groups in total. The zero-order valence-corrected chi connectivity index (χ0v) is 15.4. The van der Waals surface area contributed by atoms with Crippen molar-refractivity contribution in [3.05, 3.63) is 71.9 Å². The number of rotatable bonds is 5. The number of hydrogen-bond donors (Lipinski definition) is 0. The van der Waals surface area contributed by atoms with E-state index >= 15 is 0 Å². The van der Waals surface area contributed by atoms with E-state index in [-0.39, 0.29) is 5.78 Å². The third kappa shape index (κ3) is 4.85. The standard InChI is InChI=1S/C21H21F3N2O2/c1-28-19-7-5-16(6-8-19)20(27)9-10-25-11-13-26(14-12-25)18-4-2-3-17(15-18)21(22,23)24/h2-10,15H,11-14H2,1H3/b10-9+. The predicted octanol–water partition coefficient (Wildman–Crippen LogP) is 4.23. The van der Waals surface area contributed by atoms with Gasteiger partial charge in [0, 0.05) is 49.7 Å². The number of allylic oxidation sites excluding steroid dienone is 1. The van der Waals surface area contributed by atoms with Crippen molar-refractivity contribution in [2.45, 2.75) is 6.18 Å². The summed E-state index contributed by atoms with van der Waals surface area (Å²) in [6.45, 7) is 2.43. The Bertz CT molecular complexity index is 839. The lowest BCUT2D eigenvalue weighted by molar-refractivity contribution is -0.137. The summed E-state index contributed by atoms with van der Waals surface area (Å²) in [7, 11) is 1.57. The highest BCUT2D eigenvalue weighted by atomic mass is 19.4. The van der Waals surface area contributed by atoms with E-state index in [1.165, 1.54) is 18.2 Å². The van der Waals surface area contributed by atoms with Crippen molar-refractivity contribution in [3.8, 4) is 5.75 Å². The van der Waals surface area contributed by atoms with E-state index in [1.807, 2.05) is 9.80 Å². The summed E-state index contributed by atoms with van der Waals surface area (Å²) in [5.74, 6) is 0.578. The second-order valence-electron chi connectivity index (χ2n) is 6.48. The maximum atomic E-state index is 12.9. The van der Waals surface area contributed by atoms with Gasteiger partial charge in [0.05, 0.1) is 12.7 Å². The molecule has 1 fully saturated rings. The number of methoxy groups -OCH3 is 1. The molecule has 3 rings (SSSR count). The average Bonchev–Trinajstić information content (AvgIpc) is 2.72. The maximum Gasteiger partial charge on any atom is 0.416 e. The molecule has 0 spiro atoms. The van der Waals surface area contributed by atoms with E-state index in [1.54, 1.807) is 43.6 Å². The van der Waals surface area contributed by atoms with Crippen molar-refractivity contribution in [1.29, 1.82) is 0 Å². The molecule has 1 aliphatic heterocycles. The van der Waals surface area contributed by atoms with Crippen LogP contribution in [0.25, 0.3) is 0 Å². The molecule has 0 saturated carbocycles. The van der Waals surface area contributed by atoms with Gasteiger partial charge in [0.15, 0.2) is 5.78 Å². The number of ether oxygens (including phenoxy) is 1. The van der Waals surface area contributed by atoms with Gasteiger partial charge in [-0.2, -0.15) is 13.2 Å². The Balaban J connectivity index is 1.56. The lowest BCUT2D eigenvalue weighted by Gasteiger charge is -2.35. The topological polar surface area (TPSA) is 32.8 Å². The Morgan fingerprint density at radius 2 is 1.71 bits per heavy atom. The van der Waals surface area contributed by atoms with Crippen LogP contribution < -0.4 is 9.64 Å². The molecule has 0 unspecified atom stereocenters. The maximum absolute atomic E-state index is 12.9. The van der Waals surface area contributed by atoms with Gasteiger partial charge in [-0.3, -0.25) is 4.79 Å². The third-order valence-corrected chi connectivity index (χ3v) is 4.66. The van der Waals surface area contributed by atoms with E-state index < -0.39 is 11.7 Å². The van der Waals surface area contributed by atoms with Gasteiger partial charge in [-0.15, -0.1) is 0 Å². The molecular formula is C21H21F3N2O2. The molecule has 0 amide bonds. The van der Waals surface area contributed by atoms with Gasteiger partial charge in [0.2, 0.25) is 0 Å². The Morgan fingerprint density at radius 1 is 1.04 bits per heavy atom. The third-order valence-electron chi connectivity index (χ3n) is 4.66. The molecule has 7 heteroatoms. The fraction of sp³-hybridized carbons (Fsp3) is 0.286. The minimum atomic E-state index is -4.34. The van der Waals surface area contributed by atoms with Gasteiger partial charge in [0.25, 0.3) is 0 Å². The Hall–Kier alpha value is -2.96. The quantitative estimate of drug-likeness (QED) is 0.565. The molecule has 2 aromatic carbocycles. The highest BCUT2D eigenvalue weighted by molar-refractivity contribution is 6.04. The summed E-state index contributed by atoms with van der Waals surface area (Å²) >= 11 is 0. The number of benzene rings is 2. The first-order valence-electron chi connectivity index (χ1n) is 8.89. The SMILES string of the molecule is COc1ccc(C(=O)/C=C/N2CCN(c3cccc(C(F)(F)F)c3)CC2)cc1. The molecule has 148 valence electrons. The normalized spacial score (nSPS) is 15.1. The molecule has 0 aliphatic carbocycles. The van der Waals surface area contributed by atoms with E-state index in [9.17, 15) is 18.0 Å². The zero-order chi connectivity index (χ0) is 20.1. The van der Waals surface area contributed by atoms with Gasteiger partial charge in [-0.1, -0.05) is 6.07 Å². The van der Waals surface area contributed by atoms with E-state index in [0.29, 0.717) is 43.2 Å². The van der Waals surface area contributed by atoms with Crippen molar-refractivity contribution in [3.63, 3.8) is 0 Å². The van der Waals surface area contributed by atoms with Crippen LogP contribution in [0, 0.1) is 0 Å². The summed E-state index contributed by atoms with van der Waals surface area (Å²) in [5.41, 5.74) is 0.491. The monoisotopic (exact) mass is 390 g/mol. The molecule has 1 aliphatic rings. The fourth-order valence-corrected chi connectivity index (χ4v) is 3.03. The first-order chi connectivity index (χ1) is 13.4. The van der Waals surface area contributed by atoms with Crippen LogP contribution in [-0.2, 0) is 6.18 Å². The molecular weight excluding hydrogens is 369 g/mol. The Labute approximate surface area is 161 Å². The molecule has 1 saturated heterocycles. The fourth-order valence-electron chi connectivity index (χ4n) is 3.03. The minimum absolute atomic E-state index is 0.108. The van der Waals surface area contributed by atoms with Gasteiger partial charge in [-0.25, -0.2) is 0 Å². The number of nitrogens with zero attached hydrogens (tertiary/aromatic N) is 2. The highest BCUT2D eigenvalue weighted by Gasteiger charge is 2.31. The van der Waals surface area contributed by atoms with Crippen LogP contribution in [0.15, 0.2) is 60.8 Å². The van der Waals surface area contributed by atoms with E-state index in [4.69, 9.17) is 4.74 Å². The summed E-state index contributed by atoms with van der Waals surface area (Å²) < 4.78 is 43.7. The molecule has 2 aromatic rings. The number of halogens is 3. The van der Waals surface area contributed by atoms with Crippen LogP contribution >= 0.6 is 0 Å². The first kappa shape index (κ1) is 19.8. The number of piperazine rings is 1. The first-order valence-corrected chi connectivity index (χ1v) is 8.89. The minimum Gasteiger partial charge on any atom is -0.497 e. The van der Waals surface area contributed by atoms with Crippen LogP contribution in [0.2, 0.25) is 0 Å². The zero-order valence-electron chi connectivity index (χ0n) is 15.4. The van der Waals surface area contributed by atoms with Crippen molar-refractivity contribution in [1.82, 2.24) is 4.90 Å². The molecule has 0 atom stereocenters. The van der Waals surface area contributed by atoms with Gasteiger partial charge >= 0.3 is 6.18 Å². The molecule has 0 radical (unpaired) electrons. The van der Waals surface area contributed by atoms with Gasteiger partial charge in [0.1, 0.15) is 5.75 Å². The molecule has 0 aromatic heterocycles. The van der Waals surface area contributed by atoms with Crippen molar-refractivity contribution in [2.24, 2.45) is 0 Å². The summed E-state index contributed by atoms with van der Waals surface area (Å²) in [4.78, 5) is 16.1. The lowest BCUT2D eigenvalue weighted by atomic mass is 10.1. The van der Waals surface area contributed by atoms with Gasteiger partial charge < -0.3 is 14.5 Å². The van der Waals surface area contributed by atoms with E-state index in [2.05, 4.69) is 0 Å². The number of hydrogen-bond acceptors (Lipinski definition) is 4. The van der Waals surface area contributed by atoms with Crippen molar-refractivity contribution in [2.75, 3.05) is 38.2 Å². The van der Waals surface area contributed by atoms with Gasteiger partial charge in [-0.05, 0) is 42.5 Å². The number of carbonyl (C=O) groups is 1. The molecule has 0 bridgehead atoms. The Morgan fingerprint density at radius 3 is 2.32 bits per heavy atom. The molecule has 1 heterocycles. The van der Waals surface area contributed by atoms with Crippen LogP contribution in [0.3, 0.4) is 0 Å². The van der Waals surface area contributed by atoms with Crippen LogP contribution in [-0.4, -0.2) is 44.0 Å². The average molecular weight is 390 g/mol.